The molecule has 0 N–H and O–H groups in total. The summed E-state index contributed by atoms with van der Waals surface area (Å²) in [7, 11) is 1.69. The van der Waals surface area contributed by atoms with Gasteiger partial charge in [0.1, 0.15) is 0 Å². The van der Waals surface area contributed by atoms with Gasteiger partial charge >= 0.3 is 0 Å². The van der Waals surface area contributed by atoms with Crippen LogP contribution in [-0.2, 0) is 9.53 Å². The maximum Gasteiger partial charge on any atom is 0.222 e. The summed E-state index contributed by atoms with van der Waals surface area (Å²) in [6.07, 6.45) is 5.53. The molecule has 0 aliphatic carbocycles. The van der Waals surface area contributed by atoms with Gasteiger partial charge in [0.05, 0.1) is 0 Å². The van der Waals surface area contributed by atoms with Crippen molar-refractivity contribution >= 4 is 5.91 Å². The van der Waals surface area contributed by atoms with Crippen LogP contribution in [0.4, 0.5) is 0 Å². The molecule has 0 saturated carbocycles. The van der Waals surface area contributed by atoms with E-state index in [2.05, 4.69) is 6.92 Å². The monoisotopic (exact) mass is 213 g/mol. The molecule has 0 aromatic carbocycles. The number of methoxy groups -OCH3 is 1. The standard InChI is InChI=1S/C12H23NO2/c1-11(10-15-2)9-12(14)13-7-5-3-4-6-8-13/h11H,3-10H2,1-2H3. The van der Waals surface area contributed by atoms with Crippen molar-refractivity contribution < 1.29 is 9.53 Å². The van der Waals surface area contributed by atoms with Crippen LogP contribution in [-0.4, -0.2) is 37.6 Å². The zero-order chi connectivity index (χ0) is 11.1. The van der Waals surface area contributed by atoms with Gasteiger partial charge in [-0.25, -0.2) is 0 Å². The van der Waals surface area contributed by atoms with E-state index in [9.17, 15) is 4.79 Å². The van der Waals surface area contributed by atoms with Crippen LogP contribution in [0.1, 0.15) is 39.0 Å². The largest absolute Gasteiger partial charge is 0.384 e. The average molecular weight is 213 g/mol. The minimum atomic E-state index is 0.307. The van der Waals surface area contributed by atoms with Gasteiger partial charge in [-0.3, -0.25) is 4.79 Å². The summed E-state index contributed by atoms with van der Waals surface area (Å²) in [4.78, 5) is 13.9. The number of ether oxygens (including phenoxy) is 1. The lowest BCUT2D eigenvalue weighted by Gasteiger charge is -2.22. The van der Waals surface area contributed by atoms with Crippen molar-refractivity contribution in [2.45, 2.75) is 39.0 Å². The Balaban J connectivity index is 2.30. The van der Waals surface area contributed by atoms with E-state index in [1.807, 2.05) is 4.90 Å². The molecule has 0 spiro atoms. The van der Waals surface area contributed by atoms with Crippen LogP contribution in [0, 0.1) is 5.92 Å². The third kappa shape index (κ3) is 4.65. The Hall–Kier alpha value is -0.570. The van der Waals surface area contributed by atoms with Gasteiger partial charge in [0, 0.05) is 33.2 Å². The number of nitrogens with zero attached hydrogens (tertiary/aromatic N) is 1. The van der Waals surface area contributed by atoms with Crippen LogP contribution in [0.25, 0.3) is 0 Å². The third-order valence-electron chi connectivity index (χ3n) is 2.93. The molecule has 1 aliphatic rings. The van der Waals surface area contributed by atoms with Crippen molar-refractivity contribution in [2.24, 2.45) is 5.92 Å². The first-order valence-corrected chi connectivity index (χ1v) is 6.00. The van der Waals surface area contributed by atoms with Gasteiger partial charge in [0.25, 0.3) is 0 Å². The second-order valence-corrected chi connectivity index (χ2v) is 4.56. The van der Waals surface area contributed by atoms with E-state index >= 15 is 0 Å². The number of likely N-dealkylation sites (tertiary alicyclic amines) is 1. The summed E-state index contributed by atoms with van der Waals surface area (Å²) in [5.41, 5.74) is 0. The summed E-state index contributed by atoms with van der Waals surface area (Å²) in [6, 6.07) is 0. The number of carbonyl (C=O) groups excluding carboxylic acids is 1. The molecule has 15 heavy (non-hydrogen) atoms. The molecule has 1 fully saturated rings. The smallest absolute Gasteiger partial charge is 0.222 e. The molecule has 88 valence electrons. The maximum absolute atomic E-state index is 11.9. The summed E-state index contributed by atoms with van der Waals surface area (Å²) in [6.45, 7) is 4.66. The van der Waals surface area contributed by atoms with E-state index in [1.165, 1.54) is 25.7 Å². The van der Waals surface area contributed by atoms with E-state index in [0.717, 1.165) is 13.1 Å². The lowest BCUT2D eigenvalue weighted by atomic mass is 10.1. The predicted octanol–water partition coefficient (Wildman–Crippen LogP) is 2.06. The van der Waals surface area contributed by atoms with Crippen molar-refractivity contribution in [2.75, 3.05) is 26.8 Å². The number of hydrogen-bond acceptors (Lipinski definition) is 2. The van der Waals surface area contributed by atoms with Crippen molar-refractivity contribution in [3.8, 4) is 0 Å². The third-order valence-corrected chi connectivity index (χ3v) is 2.93. The molecule has 0 radical (unpaired) electrons. The van der Waals surface area contributed by atoms with E-state index in [0.29, 0.717) is 24.9 Å². The number of rotatable bonds is 4. The van der Waals surface area contributed by atoms with Crippen LogP contribution >= 0.6 is 0 Å². The minimum Gasteiger partial charge on any atom is -0.384 e. The number of carbonyl (C=O) groups is 1. The molecule has 0 aromatic rings. The molecule has 1 unspecified atom stereocenters. The Morgan fingerprint density at radius 3 is 2.40 bits per heavy atom. The molecule has 1 heterocycles. The van der Waals surface area contributed by atoms with E-state index in [-0.39, 0.29) is 0 Å². The predicted molar refractivity (Wildman–Crippen MR) is 60.7 cm³/mol. The molecular weight excluding hydrogens is 190 g/mol. The second kappa shape index (κ2) is 6.83. The first kappa shape index (κ1) is 12.5. The van der Waals surface area contributed by atoms with Crippen LogP contribution in [0.3, 0.4) is 0 Å². The molecule has 3 heteroatoms. The fraction of sp³-hybridized carbons (Fsp3) is 0.917. The Bertz CT molecular complexity index is 186. The first-order chi connectivity index (χ1) is 7.24. The highest BCUT2D eigenvalue weighted by Crippen LogP contribution is 2.13. The maximum atomic E-state index is 11.9. The van der Waals surface area contributed by atoms with Crippen molar-refractivity contribution in [3.05, 3.63) is 0 Å². The fourth-order valence-corrected chi connectivity index (χ4v) is 2.09. The van der Waals surface area contributed by atoms with Crippen molar-refractivity contribution in [3.63, 3.8) is 0 Å². The minimum absolute atomic E-state index is 0.307. The Morgan fingerprint density at radius 2 is 1.87 bits per heavy atom. The van der Waals surface area contributed by atoms with Gasteiger partial charge in [-0.1, -0.05) is 19.8 Å². The Labute approximate surface area is 92.8 Å². The molecular formula is C12H23NO2. The van der Waals surface area contributed by atoms with E-state index in [4.69, 9.17) is 4.74 Å². The highest BCUT2D eigenvalue weighted by Gasteiger charge is 2.17. The molecule has 1 saturated heterocycles. The fourth-order valence-electron chi connectivity index (χ4n) is 2.09. The zero-order valence-corrected chi connectivity index (χ0v) is 10.00. The highest BCUT2D eigenvalue weighted by atomic mass is 16.5. The molecule has 0 aromatic heterocycles. The van der Waals surface area contributed by atoms with E-state index < -0.39 is 0 Å². The Kier molecular flexibility index (Phi) is 5.69. The Morgan fingerprint density at radius 1 is 1.27 bits per heavy atom. The average Bonchev–Trinajstić information content (AvgIpc) is 2.45. The van der Waals surface area contributed by atoms with Crippen LogP contribution in [0.2, 0.25) is 0 Å². The number of amides is 1. The zero-order valence-electron chi connectivity index (χ0n) is 10.00. The SMILES string of the molecule is COCC(C)CC(=O)N1CCCCCC1. The quantitative estimate of drug-likeness (QED) is 0.715. The van der Waals surface area contributed by atoms with Crippen molar-refractivity contribution in [1.82, 2.24) is 4.90 Å². The number of hydrogen-bond donors (Lipinski definition) is 0. The highest BCUT2D eigenvalue weighted by molar-refractivity contribution is 5.76. The van der Waals surface area contributed by atoms with Crippen LogP contribution < -0.4 is 0 Å². The second-order valence-electron chi connectivity index (χ2n) is 4.56. The first-order valence-electron chi connectivity index (χ1n) is 6.00. The van der Waals surface area contributed by atoms with Gasteiger partial charge in [-0.05, 0) is 18.8 Å². The van der Waals surface area contributed by atoms with Gasteiger partial charge in [0.15, 0.2) is 0 Å². The van der Waals surface area contributed by atoms with E-state index in [1.54, 1.807) is 7.11 Å². The van der Waals surface area contributed by atoms with Crippen LogP contribution in [0.15, 0.2) is 0 Å². The van der Waals surface area contributed by atoms with Gasteiger partial charge < -0.3 is 9.64 Å². The summed E-state index contributed by atoms with van der Waals surface area (Å²) in [5, 5.41) is 0. The summed E-state index contributed by atoms with van der Waals surface area (Å²) < 4.78 is 5.05. The summed E-state index contributed by atoms with van der Waals surface area (Å²) >= 11 is 0. The molecule has 1 atom stereocenters. The van der Waals surface area contributed by atoms with Gasteiger partial charge in [-0.15, -0.1) is 0 Å². The molecule has 1 rings (SSSR count). The van der Waals surface area contributed by atoms with Crippen LogP contribution in [0.5, 0.6) is 0 Å². The molecule has 1 amide bonds. The lowest BCUT2D eigenvalue weighted by molar-refractivity contribution is -0.132. The van der Waals surface area contributed by atoms with Crippen molar-refractivity contribution in [1.29, 1.82) is 0 Å². The van der Waals surface area contributed by atoms with Gasteiger partial charge in [-0.2, -0.15) is 0 Å². The van der Waals surface area contributed by atoms with Gasteiger partial charge in [0.2, 0.25) is 5.91 Å². The summed E-state index contributed by atoms with van der Waals surface area (Å²) in [5.74, 6) is 0.646. The molecule has 3 nitrogen and oxygen atoms in total. The normalized spacial score (nSPS) is 19.7. The lowest BCUT2D eigenvalue weighted by Crippen LogP contribution is -2.33. The molecule has 1 aliphatic heterocycles. The molecule has 0 bridgehead atoms. The topological polar surface area (TPSA) is 29.5 Å².